The Bertz CT molecular complexity index is 343. The normalized spacial score (nSPS) is 18.3. The number of hydrogen-bond acceptors (Lipinski definition) is 3. The Labute approximate surface area is 88.2 Å². The van der Waals surface area contributed by atoms with Gasteiger partial charge in [0.15, 0.2) is 0 Å². The van der Waals surface area contributed by atoms with Crippen LogP contribution < -0.4 is 5.32 Å². The number of nitrogens with one attached hydrogen (secondary N) is 1. The van der Waals surface area contributed by atoms with E-state index in [1.165, 1.54) is 0 Å². The Morgan fingerprint density at radius 3 is 2.80 bits per heavy atom. The predicted molar refractivity (Wildman–Crippen MR) is 55.9 cm³/mol. The van der Waals surface area contributed by atoms with Gasteiger partial charge in [0.1, 0.15) is 12.7 Å². The molecule has 80 valence electrons. The van der Waals surface area contributed by atoms with Crippen molar-refractivity contribution in [3.8, 4) is 0 Å². The Morgan fingerprint density at radius 2 is 2.20 bits per heavy atom. The van der Waals surface area contributed by atoms with Crippen LogP contribution in [0.25, 0.3) is 0 Å². The molecular formula is C11H13NO3. The highest BCUT2D eigenvalue weighted by atomic mass is 16.6. The van der Waals surface area contributed by atoms with Crippen LogP contribution in [-0.2, 0) is 9.47 Å². The van der Waals surface area contributed by atoms with Gasteiger partial charge in [0.2, 0.25) is 0 Å². The lowest BCUT2D eigenvalue weighted by Gasteiger charge is -2.05. The quantitative estimate of drug-likeness (QED) is 0.770. The summed E-state index contributed by atoms with van der Waals surface area (Å²) in [6.07, 6.45) is -0.330. The minimum Gasteiger partial charge on any atom is -0.446 e. The van der Waals surface area contributed by atoms with E-state index in [0.29, 0.717) is 13.2 Å². The van der Waals surface area contributed by atoms with Crippen LogP contribution >= 0.6 is 0 Å². The van der Waals surface area contributed by atoms with Crippen molar-refractivity contribution in [3.63, 3.8) is 0 Å². The van der Waals surface area contributed by atoms with E-state index in [1.54, 1.807) is 0 Å². The lowest BCUT2D eigenvalue weighted by molar-refractivity contribution is 0.150. The summed E-state index contributed by atoms with van der Waals surface area (Å²) in [5.74, 6) is 0. The molecule has 1 atom stereocenters. The summed E-state index contributed by atoms with van der Waals surface area (Å²) in [5.41, 5.74) is 1.89. The molecule has 1 unspecified atom stereocenters. The Morgan fingerprint density at radius 1 is 1.53 bits per heavy atom. The second-order valence-electron chi connectivity index (χ2n) is 3.54. The van der Waals surface area contributed by atoms with E-state index in [1.807, 2.05) is 31.2 Å². The van der Waals surface area contributed by atoms with E-state index in [2.05, 4.69) is 5.32 Å². The molecule has 2 rings (SSSR count). The van der Waals surface area contributed by atoms with Gasteiger partial charge in [0.25, 0.3) is 0 Å². The molecule has 15 heavy (non-hydrogen) atoms. The fourth-order valence-electron chi connectivity index (χ4n) is 1.12. The average molecular weight is 207 g/mol. The van der Waals surface area contributed by atoms with E-state index >= 15 is 0 Å². The summed E-state index contributed by atoms with van der Waals surface area (Å²) >= 11 is 0. The number of hydrogen-bond donors (Lipinski definition) is 1. The number of anilines is 1. The van der Waals surface area contributed by atoms with Gasteiger partial charge in [-0.15, -0.1) is 0 Å². The van der Waals surface area contributed by atoms with Crippen LogP contribution in [0, 0.1) is 6.92 Å². The fraction of sp³-hybridized carbons (Fsp3) is 0.364. The summed E-state index contributed by atoms with van der Waals surface area (Å²) in [5, 5.41) is 2.64. The molecule has 0 saturated carbocycles. The molecule has 1 aromatic rings. The van der Waals surface area contributed by atoms with Crippen molar-refractivity contribution in [2.75, 3.05) is 18.5 Å². The van der Waals surface area contributed by atoms with Gasteiger partial charge in [0.05, 0.1) is 6.61 Å². The van der Waals surface area contributed by atoms with Crippen LogP contribution in [0.5, 0.6) is 0 Å². The maximum Gasteiger partial charge on any atom is 0.411 e. The van der Waals surface area contributed by atoms with Crippen molar-refractivity contribution in [1.82, 2.24) is 0 Å². The first kappa shape index (κ1) is 9.98. The number of amides is 1. The van der Waals surface area contributed by atoms with Gasteiger partial charge in [0, 0.05) is 5.69 Å². The highest BCUT2D eigenvalue weighted by Gasteiger charge is 2.24. The van der Waals surface area contributed by atoms with Crippen molar-refractivity contribution in [2.45, 2.75) is 13.0 Å². The molecule has 1 aliphatic rings. The summed E-state index contributed by atoms with van der Waals surface area (Å²) < 4.78 is 9.84. The van der Waals surface area contributed by atoms with E-state index in [0.717, 1.165) is 11.3 Å². The lowest BCUT2D eigenvalue weighted by atomic mass is 10.2. The van der Waals surface area contributed by atoms with Crippen LogP contribution in [0.2, 0.25) is 0 Å². The van der Waals surface area contributed by atoms with Gasteiger partial charge in [-0.1, -0.05) is 17.7 Å². The molecule has 1 aromatic carbocycles. The number of benzene rings is 1. The average Bonchev–Trinajstić information content (AvgIpc) is 3.02. The minimum atomic E-state index is -0.436. The molecule has 1 aliphatic heterocycles. The number of ether oxygens (including phenoxy) is 2. The van der Waals surface area contributed by atoms with Gasteiger partial charge in [-0.2, -0.15) is 0 Å². The smallest absolute Gasteiger partial charge is 0.411 e. The number of rotatable bonds is 3. The summed E-state index contributed by atoms with van der Waals surface area (Å²) in [4.78, 5) is 11.2. The molecule has 0 spiro atoms. The first-order valence-electron chi connectivity index (χ1n) is 4.86. The van der Waals surface area contributed by atoms with Crippen LogP contribution in [-0.4, -0.2) is 25.4 Å². The third-order valence-corrected chi connectivity index (χ3v) is 2.10. The Balaban J connectivity index is 1.79. The van der Waals surface area contributed by atoms with Crippen molar-refractivity contribution < 1.29 is 14.3 Å². The standard InChI is InChI=1S/C11H13NO3/c1-8-2-4-9(5-3-8)12-11(13)15-7-10-6-14-10/h2-5,10H,6-7H2,1H3,(H,12,13). The molecule has 0 bridgehead atoms. The molecule has 0 aliphatic carbocycles. The molecule has 1 amide bonds. The fourth-order valence-corrected chi connectivity index (χ4v) is 1.12. The zero-order valence-electron chi connectivity index (χ0n) is 8.53. The number of carbonyl (C=O) groups excluding carboxylic acids is 1. The topological polar surface area (TPSA) is 50.9 Å². The van der Waals surface area contributed by atoms with Crippen molar-refractivity contribution in [2.24, 2.45) is 0 Å². The summed E-state index contributed by atoms with van der Waals surface area (Å²) in [6, 6.07) is 7.54. The van der Waals surface area contributed by atoms with Crippen molar-refractivity contribution in [1.29, 1.82) is 0 Å². The highest BCUT2D eigenvalue weighted by molar-refractivity contribution is 5.84. The van der Waals surface area contributed by atoms with Gasteiger partial charge < -0.3 is 9.47 Å². The first-order chi connectivity index (χ1) is 7.24. The number of epoxide rings is 1. The molecular weight excluding hydrogens is 194 g/mol. The molecule has 1 heterocycles. The SMILES string of the molecule is Cc1ccc(NC(=O)OCC2CO2)cc1. The highest BCUT2D eigenvalue weighted by Crippen LogP contribution is 2.11. The van der Waals surface area contributed by atoms with E-state index in [9.17, 15) is 4.79 Å². The third-order valence-electron chi connectivity index (χ3n) is 2.10. The zero-order chi connectivity index (χ0) is 10.7. The molecule has 0 aromatic heterocycles. The van der Waals surface area contributed by atoms with E-state index in [4.69, 9.17) is 9.47 Å². The lowest BCUT2D eigenvalue weighted by Crippen LogP contribution is -2.16. The number of carbonyl (C=O) groups is 1. The van der Waals surface area contributed by atoms with E-state index < -0.39 is 6.09 Å². The third kappa shape index (κ3) is 3.25. The maximum atomic E-state index is 11.2. The van der Waals surface area contributed by atoms with Crippen molar-refractivity contribution >= 4 is 11.8 Å². The molecule has 1 fully saturated rings. The van der Waals surface area contributed by atoms with Crippen molar-refractivity contribution in [3.05, 3.63) is 29.8 Å². The first-order valence-corrected chi connectivity index (χ1v) is 4.86. The molecule has 4 heteroatoms. The van der Waals surface area contributed by atoms with Gasteiger partial charge >= 0.3 is 6.09 Å². The van der Waals surface area contributed by atoms with E-state index in [-0.39, 0.29) is 6.10 Å². The maximum absolute atomic E-state index is 11.2. The minimum absolute atomic E-state index is 0.105. The van der Waals surface area contributed by atoms with Crippen LogP contribution in [0.15, 0.2) is 24.3 Å². The van der Waals surface area contributed by atoms with Gasteiger partial charge in [-0.25, -0.2) is 4.79 Å². The summed E-state index contributed by atoms with van der Waals surface area (Å²) in [7, 11) is 0. The number of aryl methyl sites for hydroxylation is 1. The van der Waals surface area contributed by atoms with Crippen LogP contribution in [0.1, 0.15) is 5.56 Å². The van der Waals surface area contributed by atoms with Gasteiger partial charge in [-0.3, -0.25) is 5.32 Å². The van der Waals surface area contributed by atoms with Crippen LogP contribution in [0.4, 0.5) is 10.5 Å². The molecule has 1 N–H and O–H groups in total. The summed E-state index contributed by atoms with van der Waals surface area (Å²) in [6.45, 7) is 3.02. The second kappa shape index (κ2) is 4.31. The molecule has 1 saturated heterocycles. The monoisotopic (exact) mass is 207 g/mol. The zero-order valence-corrected chi connectivity index (χ0v) is 8.53. The van der Waals surface area contributed by atoms with Gasteiger partial charge in [-0.05, 0) is 19.1 Å². The van der Waals surface area contributed by atoms with Crippen LogP contribution in [0.3, 0.4) is 0 Å². The largest absolute Gasteiger partial charge is 0.446 e. The second-order valence-corrected chi connectivity index (χ2v) is 3.54. The molecule has 4 nitrogen and oxygen atoms in total. The predicted octanol–water partition coefficient (Wildman–Crippen LogP) is 1.94. The Kier molecular flexibility index (Phi) is 2.87. The molecule has 0 radical (unpaired) electrons. The Hall–Kier alpha value is -1.55.